The third-order valence-electron chi connectivity index (χ3n) is 4.83. The molecule has 5 nitrogen and oxygen atoms in total. The molecule has 0 aromatic heterocycles. The number of benzene rings is 2. The van der Waals surface area contributed by atoms with Gasteiger partial charge in [-0.3, -0.25) is 9.03 Å². The van der Waals surface area contributed by atoms with E-state index in [9.17, 15) is 8.42 Å². The maximum Gasteiger partial charge on any atom is 0.323 e. The van der Waals surface area contributed by atoms with E-state index < -0.39 is 10.2 Å². The van der Waals surface area contributed by atoms with Gasteiger partial charge in [-0.25, -0.2) is 0 Å². The molecule has 0 unspecified atom stereocenters. The van der Waals surface area contributed by atoms with Gasteiger partial charge in [0.15, 0.2) is 0 Å². The molecular weight excluding hydrogens is 322 g/mol. The molecule has 0 atom stereocenters. The van der Waals surface area contributed by atoms with Crippen molar-refractivity contribution in [2.24, 2.45) is 11.7 Å². The molecule has 126 valence electrons. The molecule has 4 rings (SSSR count). The molecule has 6 heteroatoms. The van der Waals surface area contributed by atoms with Crippen molar-refractivity contribution in [2.75, 3.05) is 16.1 Å². The van der Waals surface area contributed by atoms with Crippen molar-refractivity contribution in [3.05, 3.63) is 47.5 Å². The van der Waals surface area contributed by atoms with Crippen molar-refractivity contribution in [3.63, 3.8) is 0 Å². The van der Waals surface area contributed by atoms with Crippen LogP contribution < -0.4 is 14.8 Å². The molecule has 2 aliphatic rings. The summed E-state index contributed by atoms with van der Waals surface area (Å²) in [6.45, 7) is 0.490. The Morgan fingerprint density at radius 3 is 2.71 bits per heavy atom. The molecule has 3 N–H and O–H groups in total. The van der Waals surface area contributed by atoms with E-state index in [1.54, 1.807) is 7.05 Å². The zero-order valence-electron chi connectivity index (χ0n) is 13.6. The summed E-state index contributed by atoms with van der Waals surface area (Å²) < 4.78 is 28.5. The molecule has 0 radical (unpaired) electrons. The van der Waals surface area contributed by atoms with Crippen molar-refractivity contribution < 1.29 is 8.42 Å². The van der Waals surface area contributed by atoms with Gasteiger partial charge in [-0.2, -0.15) is 8.42 Å². The summed E-state index contributed by atoms with van der Waals surface area (Å²) in [7, 11) is -1.88. The molecular formula is C18H21N3O2S. The Morgan fingerprint density at radius 2 is 2.00 bits per heavy atom. The van der Waals surface area contributed by atoms with Crippen LogP contribution in [-0.4, -0.2) is 15.5 Å². The van der Waals surface area contributed by atoms with Gasteiger partial charge in [-0.15, -0.1) is 0 Å². The number of fused-ring (bicyclic) bond motifs is 1. The smallest absolute Gasteiger partial charge is 0.323 e. The molecule has 0 bridgehead atoms. The predicted octanol–water partition coefficient (Wildman–Crippen LogP) is 2.87. The van der Waals surface area contributed by atoms with Crippen molar-refractivity contribution >= 4 is 21.6 Å². The minimum absolute atomic E-state index is 0.490. The lowest BCUT2D eigenvalue weighted by molar-refractivity contribution is 0.601. The van der Waals surface area contributed by atoms with Crippen LogP contribution in [0.15, 0.2) is 36.4 Å². The largest absolute Gasteiger partial charge is 0.326 e. The van der Waals surface area contributed by atoms with Crippen LogP contribution in [0.4, 0.5) is 11.4 Å². The summed E-state index contributed by atoms with van der Waals surface area (Å²) in [6.07, 6.45) is 3.37. The highest BCUT2D eigenvalue weighted by Gasteiger charge is 2.33. The van der Waals surface area contributed by atoms with Crippen LogP contribution in [0.3, 0.4) is 0 Å². The number of hydrogen-bond donors (Lipinski definition) is 2. The Balaban J connectivity index is 1.85. The van der Waals surface area contributed by atoms with Crippen molar-refractivity contribution in [2.45, 2.75) is 25.8 Å². The minimum Gasteiger partial charge on any atom is -0.326 e. The molecule has 0 saturated heterocycles. The summed E-state index contributed by atoms with van der Waals surface area (Å²) >= 11 is 0. The first kappa shape index (κ1) is 15.5. The molecule has 1 saturated carbocycles. The normalized spacial score (nSPS) is 18.3. The monoisotopic (exact) mass is 343 g/mol. The second-order valence-corrected chi connectivity index (χ2v) is 8.36. The Labute approximate surface area is 142 Å². The summed E-state index contributed by atoms with van der Waals surface area (Å²) in [5.74, 6) is 0.676. The lowest BCUT2D eigenvalue weighted by Crippen LogP contribution is -2.25. The van der Waals surface area contributed by atoms with Crippen LogP contribution in [0, 0.1) is 5.92 Å². The third kappa shape index (κ3) is 2.65. The van der Waals surface area contributed by atoms with E-state index in [-0.39, 0.29) is 0 Å². The predicted molar refractivity (Wildman–Crippen MR) is 97.1 cm³/mol. The number of nitrogens with zero attached hydrogens (tertiary/aromatic N) is 1. The fourth-order valence-electron chi connectivity index (χ4n) is 3.22. The van der Waals surface area contributed by atoms with Gasteiger partial charge >= 0.3 is 10.2 Å². The highest BCUT2D eigenvalue weighted by atomic mass is 32.2. The molecule has 2 aromatic rings. The van der Waals surface area contributed by atoms with Crippen LogP contribution in [-0.2, 0) is 23.2 Å². The molecule has 2 aromatic carbocycles. The van der Waals surface area contributed by atoms with Crippen LogP contribution in [0.25, 0.3) is 11.1 Å². The third-order valence-corrected chi connectivity index (χ3v) is 6.21. The van der Waals surface area contributed by atoms with Crippen molar-refractivity contribution in [3.8, 4) is 11.1 Å². The van der Waals surface area contributed by atoms with E-state index in [0.29, 0.717) is 12.5 Å². The number of nitrogens with two attached hydrogens (primary N) is 1. The Kier molecular flexibility index (Phi) is 3.54. The topological polar surface area (TPSA) is 75.4 Å². The fraction of sp³-hybridized carbons (Fsp3) is 0.333. The summed E-state index contributed by atoms with van der Waals surface area (Å²) in [5.41, 5.74) is 11.5. The van der Waals surface area contributed by atoms with E-state index in [1.165, 1.54) is 17.1 Å². The highest BCUT2D eigenvalue weighted by molar-refractivity contribution is 7.94. The van der Waals surface area contributed by atoms with E-state index in [4.69, 9.17) is 5.73 Å². The first-order chi connectivity index (χ1) is 11.5. The van der Waals surface area contributed by atoms with Crippen LogP contribution in [0.2, 0.25) is 0 Å². The van der Waals surface area contributed by atoms with Gasteiger partial charge in [0, 0.05) is 13.6 Å². The molecule has 1 heterocycles. The second kappa shape index (κ2) is 5.50. The van der Waals surface area contributed by atoms with Crippen LogP contribution in [0.5, 0.6) is 0 Å². The van der Waals surface area contributed by atoms with Gasteiger partial charge in [0.05, 0.1) is 11.4 Å². The van der Waals surface area contributed by atoms with Crippen LogP contribution in [0.1, 0.15) is 24.0 Å². The van der Waals surface area contributed by atoms with Gasteiger partial charge < -0.3 is 5.73 Å². The first-order valence-electron chi connectivity index (χ1n) is 8.21. The van der Waals surface area contributed by atoms with Crippen molar-refractivity contribution in [1.82, 2.24) is 0 Å². The average molecular weight is 343 g/mol. The standard InChI is InChI=1S/C18H21N3O2S/c1-21-17-10-15(14-4-2-3-13(8-14)11-19)9-16(7-12-5-6-12)18(17)20-24(21,22)23/h2-4,8-10,12,20H,5-7,11,19H2,1H3. The minimum atomic E-state index is -3.47. The molecule has 0 amide bonds. The number of rotatable bonds is 4. The van der Waals surface area contributed by atoms with Gasteiger partial charge in [-0.05, 0) is 65.6 Å². The van der Waals surface area contributed by atoms with E-state index >= 15 is 0 Å². The Morgan fingerprint density at radius 1 is 1.21 bits per heavy atom. The van der Waals surface area contributed by atoms with Crippen molar-refractivity contribution in [1.29, 1.82) is 0 Å². The van der Waals surface area contributed by atoms with E-state index in [2.05, 4.69) is 16.9 Å². The first-order valence-corrected chi connectivity index (χ1v) is 9.65. The second-order valence-electron chi connectivity index (χ2n) is 6.66. The number of hydrogen-bond acceptors (Lipinski definition) is 3. The number of anilines is 2. The SMILES string of the molecule is CN1c2cc(-c3cccc(CN)c3)cc(CC3CC3)c2NS1(=O)=O. The Hall–Kier alpha value is -2.05. The highest BCUT2D eigenvalue weighted by Crippen LogP contribution is 2.44. The molecule has 24 heavy (non-hydrogen) atoms. The quantitative estimate of drug-likeness (QED) is 0.896. The molecule has 1 fully saturated rings. The van der Waals surface area contributed by atoms with Gasteiger partial charge in [0.2, 0.25) is 0 Å². The number of nitrogens with one attached hydrogen (secondary N) is 1. The summed E-state index contributed by atoms with van der Waals surface area (Å²) in [6, 6.07) is 12.2. The van der Waals surface area contributed by atoms with E-state index in [0.717, 1.165) is 40.0 Å². The van der Waals surface area contributed by atoms with Gasteiger partial charge in [0.1, 0.15) is 0 Å². The lowest BCUT2D eigenvalue weighted by Gasteiger charge is -2.13. The summed E-state index contributed by atoms with van der Waals surface area (Å²) in [5, 5.41) is 0. The zero-order chi connectivity index (χ0) is 16.9. The van der Waals surface area contributed by atoms with E-state index in [1.807, 2.05) is 24.3 Å². The zero-order valence-corrected chi connectivity index (χ0v) is 14.4. The maximum absolute atomic E-state index is 12.2. The van der Waals surface area contributed by atoms with Crippen LogP contribution >= 0.6 is 0 Å². The average Bonchev–Trinajstić information content (AvgIpc) is 3.35. The maximum atomic E-state index is 12.2. The van der Waals surface area contributed by atoms with Gasteiger partial charge in [0.25, 0.3) is 0 Å². The van der Waals surface area contributed by atoms with Gasteiger partial charge in [-0.1, -0.05) is 18.2 Å². The fourth-order valence-corrected chi connectivity index (χ4v) is 4.25. The lowest BCUT2D eigenvalue weighted by atomic mass is 9.96. The molecule has 1 aliphatic carbocycles. The summed E-state index contributed by atoms with van der Waals surface area (Å²) in [4.78, 5) is 0. The molecule has 0 spiro atoms. The molecule has 1 aliphatic heterocycles. The Bertz CT molecular complexity index is 904.